The van der Waals surface area contributed by atoms with Crippen LogP contribution in [0.1, 0.15) is 55.2 Å². The average molecular weight is 405 g/mol. The quantitative estimate of drug-likeness (QED) is 0.556. The molecule has 2 aromatic carbocycles. The second-order valence-corrected chi connectivity index (χ2v) is 7.66. The van der Waals surface area contributed by atoms with E-state index in [-0.39, 0.29) is 5.91 Å². The van der Waals surface area contributed by atoms with Crippen LogP contribution in [0, 0.1) is 0 Å². The monoisotopic (exact) mass is 404 g/mol. The Labute approximate surface area is 177 Å². The van der Waals surface area contributed by atoms with Gasteiger partial charge in [-0.3, -0.25) is 4.79 Å². The molecule has 0 saturated heterocycles. The molecule has 6 heteroatoms. The number of nitrogens with zero attached hydrogens (tertiary/aromatic N) is 3. The Balaban J connectivity index is 1.40. The number of nitrogens with one attached hydrogen (secondary N) is 1. The zero-order valence-electron chi connectivity index (χ0n) is 17.4. The molecule has 1 aliphatic rings. The van der Waals surface area contributed by atoms with Crippen LogP contribution in [-0.2, 0) is 13.0 Å². The first-order valence-electron chi connectivity index (χ1n) is 10.8. The van der Waals surface area contributed by atoms with Crippen LogP contribution < -0.4 is 10.1 Å². The SMILES string of the molecule is CCCCOc1ccc(C(=O)Nc2ccc(-c3nnc4n3CCCCC4)cc2)cc1. The van der Waals surface area contributed by atoms with Crippen molar-refractivity contribution < 1.29 is 9.53 Å². The van der Waals surface area contributed by atoms with E-state index in [0.29, 0.717) is 12.2 Å². The molecule has 1 aromatic heterocycles. The lowest BCUT2D eigenvalue weighted by Crippen LogP contribution is -2.11. The molecule has 0 spiro atoms. The Morgan fingerprint density at radius 1 is 1.03 bits per heavy atom. The first kappa shape index (κ1) is 20.1. The number of ether oxygens (including phenoxy) is 1. The van der Waals surface area contributed by atoms with Crippen molar-refractivity contribution in [2.75, 3.05) is 11.9 Å². The van der Waals surface area contributed by atoms with E-state index in [1.807, 2.05) is 36.4 Å². The molecular formula is C24H28N4O2. The average Bonchev–Trinajstić information content (AvgIpc) is 3.03. The number of hydrogen-bond acceptors (Lipinski definition) is 4. The third kappa shape index (κ3) is 4.70. The molecule has 0 unspecified atom stereocenters. The first-order chi connectivity index (χ1) is 14.7. The number of benzene rings is 2. The van der Waals surface area contributed by atoms with E-state index in [1.54, 1.807) is 12.1 Å². The van der Waals surface area contributed by atoms with E-state index < -0.39 is 0 Å². The zero-order chi connectivity index (χ0) is 20.8. The normalized spacial score (nSPS) is 13.4. The molecule has 30 heavy (non-hydrogen) atoms. The van der Waals surface area contributed by atoms with Gasteiger partial charge in [0.15, 0.2) is 5.82 Å². The molecule has 6 nitrogen and oxygen atoms in total. The Morgan fingerprint density at radius 2 is 1.83 bits per heavy atom. The molecule has 3 aromatic rings. The van der Waals surface area contributed by atoms with Crippen LogP contribution in [0.15, 0.2) is 48.5 Å². The summed E-state index contributed by atoms with van der Waals surface area (Å²) in [5.74, 6) is 2.63. The predicted molar refractivity (Wildman–Crippen MR) is 118 cm³/mol. The fraction of sp³-hybridized carbons (Fsp3) is 0.375. The predicted octanol–water partition coefficient (Wildman–Crippen LogP) is 5.10. The minimum atomic E-state index is -0.140. The van der Waals surface area contributed by atoms with E-state index in [0.717, 1.165) is 60.9 Å². The van der Waals surface area contributed by atoms with Crippen LogP contribution in [0.3, 0.4) is 0 Å². The molecule has 0 radical (unpaired) electrons. The van der Waals surface area contributed by atoms with Crippen molar-refractivity contribution in [2.45, 2.75) is 52.0 Å². The van der Waals surface area contributed by atoms with Gasteiger partial charge >= 0.3 is 0 Å². The van der Waals surface area contributed by atoms with Crippen LogP contribution in [0.2, 0.25) is 0 Å². The lowest BCUT2D eigenvalue weighted by molar-refractivity contribution is 0.102. The molecule has 156 valence electrons. The van der Waals surface area contributed by atoms with Crippen LogP contribution in [0.5, 0.6) is 5.75 Å². The van der Waals surface area contributed by atoms with Gasteiger partial charge in [0, 0.05) is 29.8 Å². The summed E-state index contributed by atoms with van der Waals surface area (Å²) in [6, 6.07) is 15.1. The molecule has 1 amide bonds. The summed E-state index contributed by atoms with van der Waals surface area (Å²) in [6.07, 6.45) is 6.68. The van der Waals surface area contributed by atoms with Crippen LogP contribution in [0.4, 0.5) is 5.69 Å². The van der Waals surface area contributed by atoms with Gasteiger partial charge in [-0.15, -0.1) is 10.2 Å². The number of carbonyl (C=O) groups excluding carboxylic acids is 1. The summed E-state index contributed by atoms with van der Waals surface area (Å²) < 4.78 is 7.88. The molecule has 0 fully saturated rings. The highest BCUT2D eigenvalue weighted by atomic mass is 16.5. The fourth-order valence-corrected chi connectivity index (χ4v) is 3.64. The molecule has 0 bridgehead atoms. The standard InChI is InChI=1S/C24H28N4O2/c1-2-3-17-30-21-14-10-19(11-15-21)24(29)25-20-12-8-18(9-13-20)23-27-26-22-7-5-4-6-16-28(22)23/h8-15H,2-7,16-17H2,1H3,(H,25,29). The summed E-state index contributed by atoms with van der Waals surface area (Å²) in [7, 11) is 0. The third-order valence-corrected chi connectivity index (χ3v) is 5.39. The third-order valence-electron chi connectivity index (χ3n) is 5.39. The highest BCUT2D eigenvalue weighted by Gasteiger charge is 2.16. The van der Waals surface area contributed by atoms with Gasteiger partial charge in [-0.05, 0) is 67.8 Å². The maximum Gasteiger partial charge on any atom is 0.255 e. The van der Waals surface area contributed by atoms with E-state index in [1.165, 1.54) is 12.8 Å². The van der Waals surface area contributed by atoms with E-state index in [2.05, 4.69) is 27.0 Å². The van der Waals surface area contributed by atoms with E-state index in [9.17, 15) is 4.79 Å². The van der Waals surface area contributed by atoms with E-state index in [4.69, 9.17) is 4.74 Å². The summed E-state index contributed by atoms with van der Waals surface area (Å²) >= 11 is 0. The molecule has 4 rings (SSSR count). The van der Waals surface area contributed by atoms with Crippen LogP contribution >= 0.6 is 0 Å². The fourth-order valence-electron chi connectivity index (χ4n) is 3.64. The van der Waals surface area contributed by atoms with Crippen molar-refractivity contribution in [3.8, 4) is 17.1 Å². The van der Waals surface area contributed by atoms with Gasteiger partial charge in [-0.25, -0.2) is 0 Å². The summed E-state index contributed by atoms with van der Waals surface area (Å²) in [4.78, 5) is 12.6. The summed E-state index contributed by atoms with van der Waals surface area (Å²) in [6.45, 7) is 3.79. The topological polar surface area (TPSA) is 69.0 Å². The number of carbonyl (C=O) groups is 1. The number of unbranched alkanes of at least 4 members (excludes halogenated alkanes) is 1. The van der Waals surface area contributed by atoms with Gasteiger partial charge < -0.3 is 14.6 Å². The Bertz CT molecular complexity index is 977. The van der Waals surface area contributed by atoms with Crippen LogP contribution in [-0.4, -0.2) is 27.3 Å². The van der Waals surface area contributed by atoms with Gasteiger partial charge in [-0.2, -0.15) is 0 Å². The van der Waals surface area contributed by atoms with Crippen molar-refractivity contribution in [1.82, 2.24) is 14.8 Å². The number of amides is 1. The molecule has 0 atom stereocenters. The second kappa shape index (κ2) is 9.57. The smallest absolute Gasteiger partial charge is 0.255 e. The number of aromatic nitrogens is 3. The Morgan fingerprint density at radius 3 is 2.60 bits per heavy atom. The lowest BCUT2D eigenvalue weighted by atomic mass is 10.1. The minimum absolute atomic E-state index is 0.140. The number of hydrogen-bond donors (Lipinski definition) is 1. The van der Waals surface area contributed by atoms with Crippen LogP contribution in [0.25, 0.3) is 11.4 Å². The second-order valence-electron chi connectivity index (χ2n) is 7.66. The van der Waals surface area contributed by atoms with Gasteiger partial charge in [0.1, 0.15) is 11.6 Å². The first-order valence-corrected chi connectivity index (χ1v) is 10.8. The largest absolute Gasteiger partial charge is 0.494 e. The number of fused-ring (bicyclic) bond motifs is 1. The highest BCUT2D eigenvalue weighted by Crippen LogP contribution is 2.24. The molecule has 2 heterocycles. The molecular weight excluding hydrogens is 376 g/mol. The van der Waals surface area contributed by atoms with Gasteiger partial charge in [0.05, 0.1) is 6.61 Å². The van der Waals surface area contributed by atoms with Gasteiger partial charge in [0.2, 0.25) is 0 Å². The Kier molecular flexibility index (Phi) is 6.42. The highest BCUT2D eigenvalue weighted by molar-refractivity contribution is 6.04. The van der Waals surface area contributed by atoms with Crippen molar-refractivity contribution >= 4 is 11.6 Å². The molecule has 1 aliphatic heterocycles. The minimum Gasteiger partial charge on any atom is -0.494 e. The van der Waals surface area contributed by atoms with Gasteiger partial charge in [-0.1, -0.05) is 19.8 Å². The summed E-state index contributed by atoms with van der Waals surface area (Å²) in [5.41, 5.74) is 2.37. The number of anilines is 1. The molecule has 0 aliphatic carbocycles. The Hall–Kier alpha value is -3.15. The van der Waals surface area contributed by atoms with Crippen molar-refractivity contribution in [1.29, 1.82) is 0 Å². The van der Waals surface area contributed by atoms with Crippen molar-refractivity contribution in [3.63, 3.8) is 0 Å². The maximum absolute atomic E-state index is 12.6. The summed E-state index contributed by atoms with van der Waals surface area (Å²) in [5, 5.41) is 11.7. The number of aryl methyl sites for hydroxylation is 1. The maximum atomic E-state index is 12.6. The van der Waals surface area contributed by atoms with Crippen molar-refractivity contribution in [3.05, 3.63) is 59.9 Å². The van der Waals surface area contributed by atoms with Crippen molar-refractivity contribution in [2.24, 2.45) is 0 Å². The molecule has 0 saturated carbocycles. The van der Waals surface area contributed by atoms with E-state index >= 15 is 0 Å². The number of rotatable bonds is 7. The zero-order valence-corrected chi connectivity index (χ0v) is 17.4. The molecule has 1 N–H and O–H groups in total. The lowest BCUT2D eigenvalue weighted by Gasteiger charge is -2.09. The van der Waals surface area contributed by atoms with Gasteiger partial charge in [0.25, 0.3) is 5.91 Å².